The molecule has 5 rings (SSSR count). The van der Waals surface area contributed by atoms with Crippen molar-refractivity contribution < 1.29 is 19.1 Å². The number of ether oxygens (including phenoxy) is 1. The fourth-order valence-electron chi connectivity index (χ4n) is 4.39. The van der Waals surface area contributed by atoms with Gasteiger partial charge in [0.25, 0.3) is 5.91 Å². The van der Waals surface area contributed by atoms with Crippen molar-refractivity contribution in [3.05, 3.63) is 71.6 Å². The van der Waals surface area contributed by atoms with Crippen molar-refractivity contribution in [2.45, 2.75) is 51.0 Å². The first-order chi connectivity index (χ1) is 17.1. The highest BCUT2D eigenvalue weighted by Crippen LogP contribution is 2.25. The Bertz CT molecular complexity index is 1130. The molecule has 3 aromatic rings. The van der Waals surface area contributed by atoms with Gasteiger partial charge in [-0.2, -0.15) is 0 Å². The molecule has 1 aliphatic heterocycles. The van der Waals surface area contributed by atoms with Crippen LogP contribution in [0.1, 0.15) is 46.5 Å². The number of benzene rings is 1. The normalized spacial score (nSPS) is 16.7. The first-order valence-corrected chi connectivity index (χ1v) is 12.2. The van der Waals surface area contributed by atoms with E-state index in [4.69, 9.17) is 9.15 Å². The number of aliphatic hydroxyl groups is 1. The smallest absolute Gasteiger partial charge is 0.251 e. The van der Waals surface area contributed by atoms with Crippen LogP contribution < -0.4 is 15.4 Å². The molecule has 1 saturated carbocycles. The molecule has 1 unspecified atom stereocenters. The Morgan fingerprint density at radius 2 is 2.17 bits per heavy atom. The molecular weight excluding hydrogens is 446 g/mol. The van der Waals surface area contributed by atoms with Crippen LogP contribution in [0, 0.1) is 0 Å². The molecule has 0 radical (unpaired) electrons. The first kappa shape index (κ1) is 23.3. The van der Waals surface area contributed by atoms with E-state index in [1.807, 2.05) is 6.07 Å². The fourth-order valence-corrected chi connectivity index (χ4v) is 4.39. The van der Waals surface area contributed by atoms with Gasteiger partial charge < -0.3 is 24.9 Å². The van der Waals surface area contributed by atoms with Crippen molar-refractivity contribution in [1.82, 2.24) is 20.2 Å². The largest absolute Gasteiger partial charge is 0.486 e. The van der Waals surface area contributed by atoms with E-state index < -0.39 is 6.10 Å². The zero-order valence-electron chi connectivity index (χ0n) is 19.7. The predicted molar refractivity (Wildman–Crippen MR) is 130 cm³/mol. The average Bonchev–Trinajstić information content (AvgIpc) is 3.37. The number of pyridine rings is 1. The van der Waals surface area contributed by atoms with Crippen LogP contribution in [-0.4, -0.2) is 57.7 Å². The minimum Gasteiger partial charge on any atom is -0.486 e. The molecule has 0 bridgehead atoms. The number of rotatable bonds is 10. The number of fused-ring (bicyclic) bond motifs is 1. The Morgan fingerprint density at radius 3 is 2.97 bits per heavy atom. The summed E-state index contributed by atoms with van der Waals surface area (Å²) < 4.78 is 11.0. The van der Waals surface area contributed by atoms with E-state index in [2.05, 4.69) is 37.6 Å². The summed E-state index contributed by atoms with van der Waals surface area (Å²) in [5, 5.41) is 16.8. The van der Waals surface area contributed by atoms with Crippen LogP contribution in [0.15, 0.2) is 53.5 Å². The highest BCUT2D eigenvalue weighted by atomic mass is 16.5. The highest BCUT2D eigenvalue weighted by Gasteiger charge is 2.21. The van der Waals surface area contributed by atoms with Gasteiger partial charge in [-0.3, -0.25) is 9.69 Å². The molecule has 9 heteroatoms. The predicted octanol–water partition coefficient (Wildman–Crippen LogP) is 2.76. The minimum absolute atomic E-state index is 0.199. The summed E-state index contributed by atoms with van der Waals surface area (Å²) in [6.45, 7) is 2.63. The maximum absolute atomic E-state index is 12.6. The van der Waals surface area contributed by atoms with E-state index in [0.29, 0.717) is 30.5 Å². The van der Waals surface area contributed by atoms with Crippen LogP contribution in [-0.2, 0) is 19.6 Å². The molecule has 0 saturated heterocycles. The third-order valence-corrected chi connectivity index (χ3v) is 6.58. The van der Waals surface area contributed by atoms with Crippen LogP contribution >= 0.6 is 0 Å². The van der Waals surface area contributed by atoms with Crippen LogP contribution in [0.2, 0.25) is 0 Å². The fraction of sp³-hybridized carbons (Fsp3) is 0.423. The molecule has 1 atom stereocenters. The lowest BCUT2D eigenvalue weighted by Gasteiger charge is -2.30. The Hall–Kier alpha value is -3.43. The van der Waals surface area contributed by atoms with E-state index in [9.17, 15) is 9.90 Å². The molecule has 1 aliphatic carbocycles. The molecule has 2 aliphatic rings. The van der Waals surface area contributed by atoms with Crippen LogP contribution in [0.4, 0.5) is 5.82 Å². The van der Waals surface area contributed by atoms with Gasteiger partial charge in [0.2, 0.25) is 0 Å². The van der Waals surface area contributed by atoms with E-state index in [-0.39, 0.29) is 12.5 Å². The van der Waals surface area contributed by atoms with Crippen molar-refractivity contribution in [1.29, 1.82) is 0 Å². The van der Waals surface area contributed by atoms with E-state index in [1.165, 1.54) is 23.9 Å². The number of amides is 1. The second-order valence-electron chi connectivity index (χ2n) is 9.24. The number of hydrogen-bond donors (Lipinski definition) is 3. The van der Waals surface area contributed by atoms with Gasteiger partial charge in [0.1, 0.15) is 18.2 Å². The summed E-state index contributed by atoms with van der Waals surface area (Å²) >= 11 is 0. The molecule has 1 fully saturated rings. The Balaban J connectivity index is 1.07. The SMILES string of the molecule is O=C(NCC(O)CN1CCc2cc(OCc3cnco3)ccc2C1)c1ccnc(NC2CCC2)c1. The molecule has 2 aromatic heterocycles. The van der Waals surface area contributed by atoms with Crippen LogP contribution in [0.3, 0.4) is 0 Å². The summed E-state index contributed by atoms with van der Waals surface area (Å²) in [5.41, 5.74) is 3.02. The van der Waals surface area contributed by atoms with Crippen molar-refractivity contribution in [2.24, 2.45) is 0 Å². The van der Waals surface area contributed by atoms with Crippen molar-refractivity contribution in [3.8, 4) is 5.75 Å². The number of nitrogens with one attached hydrogen (secondary N) is 2. The number of carbonyl (C=O) groups is 1. The van der Waals surface area contributed by atoms with Crippen LogP contribution in [0.25, 0.3) is 0 Å². The molecule has 184 valence electrons. The van der Waals surface area contributed by atoms with E-state index in [1.54, 1.807) is 24.5 Å². The Morgan fingerprint density at radius 1 is 1.26 bits per heavy atom. The van der Waals surface area contributed by atoms with Gasteiger partial charge >= 0.3 is 0 Å². The standard InChI is InChI=1S/C26H31N5O4/c32-22(12-29-26(33)19-6-8-28-25(11-19)30-21-2-1-3-21)15-31-9-7-18-10-23(5-4-20(18)14-31)34-16-24-13-27-17-35-24/h4-6,8,10-11,13,17,21-22,32H,1-3,7,9,12,14-16H2,(H,28,30)(H,29,33). The Kier molecular flexibility index (Phi) is 7.25. The monoisotopic (exact) mass is 477 g/mol. The highest BCUT2D eigenvalue weighted by molar-refractivity contribution is 5.94. The van der Waals surface area contributed by atoms with E-state index in [0.717, 1.165) is 43.9 Å². The first-order valence-electron chi connectivity index (χ1n) is 12.2. The number of hydrogen-bond acceptors (Lipinski definition) is 8. The summed E-state index contributed by atoms with van der Waals surface area (Å²) in [6.07, 6.45) is 8.42. The minimum atomic E-state index is -0.653. The molecule has 1 amide bonds. The van der Waals surface area contributed by atoms with Gasteiger partial charge in [-0.1, -0.05) is 6.07 Å². The number of carbonyl (C=O) groups excluding carboxylic acids is 1. The van der Waals surface area contributed by atoms with Gasteiger partial charge in [0.05, 0.1) is 12.3 Å². The Labute approximate surface area is 204 Å². The molecule has 1 aromatic carbocycles. The maximum atomic E-state index is 12.6. The third kappa shape index (κ3) is 6.17. The lowest BCUT2D eigenvalue weighted by Crippen LogP contribution is -2.42. The van der Waals surface area contributed by atoms with Gasteiger partial charge in [0, 0.05) is 44.0 Å². The molecule has 0 spiro atoms. The number of β-amino-alcohol motifs (C(OH)–C–C–N with tert-alkyl or cyclic N) is 1. The van der Waals surface area contributed by atoms with Gasteiger partial charge in [-0.05, 0) is 61.1 Å². The molecule has 9 nitrogen and oxygen atoms in total. The average molecular weight is 478 g/mol. The van der Waals surface area contributed by atoms with Crippen molar-refractivity contribution in [3.63, 3.8) is 0 Å². The number of aromatic nitrogens is 2. The molecule has 3 N–H and O–H groups in total. The number of anilines is 1. The second kappa shape index (κ2) is 10.9. The van der Waals surface area contributed by atoms with E-state index >= 15 is 0 Å². The summed E-state index contributed by atoms with van der Waals surface area (Å²) in [4.78, 5) is 23.0. The van der Waals surface area contributed by atoms with Crippen molar-refractivity contribution in [2.75, 3.05) is 25.0 Å². The lowest BCUT2D eigenvalue weighted by molar-refractivity contribution is 0.0841. The zero-order valence-corrected chi connectivity index (χ0v) is 19.7. The lowest BCUT2D eigenvalue weighted by atomic mass is 9.93. The quantitative estimate of drug-likeness (QED) is 0.409. The summed E-state index contributed by atoms with van der Waals surface area (Å²) in [7, 11) is 0. The molecule has 35 heavy (non-hydrogen) atoms. The molecule has 3 heterocycles. The topological polar surface area (TPSA) is 113 Å². The summed E-state index contributed by atoms with van der Waals surface area (Å²) in [5.74, 6) is 2.01. The zero-order chi connectivity index (χ0) is 24.0. The van der Waals surface area contributed by atoms with Gasteiger partial charge in [-0.15, -0.1) is 0 Å². The van der Waals surface area contributed by atoms with Crippen molar-refractivity contribution >= 4 is 11.7 Å². The maximum Gasteiger partial charge on any atom is 0.251 e. The third-order valence-electron chi connectivity index (χ3n) is 6.58. The second-order valence-corrected chi connectivity index (χ2v) is 9.24. The molecular formula is C26H31N5O4. The number of nitrogens with zero attached hydrogens (tertiary/aromatic N) is 3. The van der Waals surface area contributed by atoms with Gasteiger partial charge in [0.15, 0.2) is 12.2 Å². The number of oxazole rings is 1. The summed E-state index contributed by atoms with van der Waals surface area (Å²) in [6, 6.07) is 10.0. The van der Waals surface area contributed by atoms with Gasteiger partial charge in [-0.25, -0.2) is 9.97 Å². The van der Waals surface area contributed by atoms with Crippen LogP contribution in [0.5, 0.6) is 5.75 Å². The number of aliphatic hydroxyl groups excluding tert-OH is 1.